The average molecular weight is 542 g/mol. The second kappa shape index (κ2) is 10.5. The van der Waals surface area contributed by atoms with Crippen molar-refractivity contribution in [2.45, 2.75) is 13.0 Å². The quantitative estimate of drug-likeness (QED) is 0.288. The summed E-state index contributed by atoms with van der Waals surface area (Å²) in [5, 5.41) is 11.0. The van der Waals surface area contributed by atoms with E-state index < -0.39 is 0 Å². The number of anilines is 1. The van der Waals surface area contributed by atoms with Crippen molar-refractivity contribution in [2.75, 3.05) is 25.6 Å². The van der Waals surface area contributed by atoms with E-state index >= 15 is 0 Å². The summed E-state index contributed by atoms with van der Waals surface area (Å²) in [4.78, 5) is 8.61. The largest absolute Gasteiger partial charge is 0.490 e. The van der Waals surface area contributed by atoms with Gasteiger partial charge in [-0.3, -0.25) is 4.99 Å². The Morgan fingerprint density at radius 1 is 1.13 bits per heavy atom. The minimum Gasteiger partial charge on any atom is -0.490 e. The van der Waals surface area contributed by atoms with Gasteiger partial charge in [-0.25, -0.2) is 0 Å². The molecule has 0 unspecified atom stereocenters. The number of hydrogen-bond acceptors (Lipinski definition) is 6. The summed E-state index contributed by atoms with van der Waals surface area (Å²) >= 11 is 6.01. The zero-order valence-corrected chi connectivity index (χ0v) is 19.3. The van der Waals surface area contributed by atoms with E-state index in [-0.39, 0.29) is 24.0 Å². The third-order valence-electron chi connectivity index (χ3n) is 4.19. The van der Waals surface area contributed by atoms with E-state index in [0.29, 0.717) is 48.2 Å². The average Bonchev–Trinajstić information content (AvgIpc) is 3.09. The standard InChI is InChI=1S/C20H20ClN5O3.HI/c1-22-20(24-15-6-7-16-17(11-15)28-9-3-8-27-16)23-12-18-25-19(26-29-18)13-4-2-5-14(21)10-13;/h2,4-7,10-11H,3,8-9,12H2,1H3,(H2,22,23,24);1H. The van der Waals surface area contributed by atoms with Crippen LogP contribution in [0.2, 0.25) is 5.02 Å². The van der Waals surface area contributed by atoms with Crippen molar-refractivity contribution in [2.24, 2.45) is 4.99 Å². The van der Waals surface area contributed by atoms with E-state index in [1.807, 2.05) is 30.3 Å². The van der Waals surface area contributed by atoms with Crippen molar-refractivity contribution in [1.82, 2.24) is 15.5 Å². The molecule has 0 atom stereocenters. The van der Waals surface area contributed by atoms with Crippen molar-refractivity contribution < 1.29 is 14.0 Å². The molecule has 0 fully saturated rings. The Labute approximate surface area is 196 Å². The second-order valence-corrected chi connectivity index (χ2v) is 6.72. The van der Waals surface area contributed by atoms with Crippen molar-refractivity contribution in [3.05, 3.63) is 53.4 Å². The number of aromatic nitrogens is 2. The van der Waals surface area contributed by atoms with E-state index in [1.165, 1.54) is 0 Å². The highest BCUT2D eigenvalue weighted by atomic mass is 127. The van der Waals surface area contributed by atoms with Crippen LogP contribution in [0.25, 0.3) is 11.4 Å². The van der Waals surface area contributed by atoms with Gasteiger partial charge in [-0.15, -0.1) is 24.0 Å². The van der Waals surface area contributed by atoms with Gasteiger partial charge in [0.05, 0.1) is 19.8 Å². The molecule has 2 aromatic carbocycles. The molecule has 2 heterocycles. The highest BCUT2D eigenvalue weighted by molar-refractivity contribution is 14.0. The van der Waals surface area contributed by atoms with Crippen LogP contribution in [0.15, 0.2) is 52.0 Å². The molecule has 158 valence electrons. The maximum absolute atomic E-state index is 6.01. The molecule has 10 heteroatoms. The molecule has 0 saturated carbocycles. The summed E-state index contributed by atoms with van der Waals surface area (Å²) < 4.78 is 16.7. The molecule has 2 N–H and O–H groups in total. The Hall–Kier alpha value is -2.53. The number of nitrogens with one attached hydrogen (secondary N) is 2. The summed E-state index contributed by atoms with van der Waals surface area (Å²) in [6, 6.07) is 13.0. The Bertz CT molecular complexity index is 1030. The maximum atomic E-state index is 6.01. The van der Waals surface area contributed by atoms with Crippen molar-refractivity contribution >= 4 is 47.2 Å². The van der Waals surface area contributed by atoms with Crippen LogP contribution >= 0.6 is 35.6 Å². The lowest BCUT2D eigenvalue weighted by molar-refractivity contribution is 0.297. The zero-order valence-electron chi connectivity index (χ0n) is 16.2. The summed E-state index contributed by atoms with van der Waals surface area (Å²) in [5.41, 5.74) is 1.62. The zero-order chi connectivity index (χ0) is 20.1. The van der Waals surface area contributed by atoms with Crippen LogP contribution in [-0.2, 0) is 6.54 Å². The lowest BCUT2D eigenvalue weighted by atomic mass is 10.2. The Kier molecular flexibility index (Phi) is 7.75. The van der Waals surface area contributed by atoms with Crippen LogP contribution < -0.4 is 20.1 Å². The predicted octanol–water partition coefficient (Wildman–Crippen LogP) is 4.36. The topological polar surface area (TPSA) is 93.8 Å². The van der Waals surface area contributed by atoms with Gasteiger partial charge in [0, 0.05) is 35.8 Å². The third kappa shape index (κ3) is 5.54. The van der Waals surface area contributed by atoms with E-state index in [1.54, 1.807) is 19.2 Å². The van der Waals surface area contributed by atoms with Crippen LogP contribution in [0.3, 0.4) is 0 Å². The molecule has 0 aliphatic carbocycles. The van der Waals surface area contributed by atoms with Gasteiger partial charge in [-0.05, 0) is 24.3 Å². The number of hydrogen-bond donors (Lipinski definition) is 2. The first-order valence-corrected chi connectivity index (χ1v) is 9.55. The molecule has 0 spiro atoms. The molecule has 1 aliphatic rings. The molecule has 30 heavy (non-hydrogen) atoms. The van der Waals surface area contributed by atoms with Crippen molar-refractivity contribution in [3.63, 3.8) is 0 Å². The number of fused-ring (bicyclic) bond motifs is 1. The molecule has 3 aromatic rings. The second-order valence-electron chi connectivity index (χ2n) is 6.28. The molecule has 0 saturated heterocycles. The summed E-state index contributed by atoms with van der Waals surface area (Å²) in [7, 11) is 1.68. The smallest absolute Gasteiger partial charge is 0.246 e. The van der Waals surface area contributed by atoms with Crippen LogP contribution in [0.5, 0.6) is 11.5 Å². The van der Waals surface area contributed by atoms with Gasteiger partial charge < -0.3 is 24.6 Å². The normalized spacial score (nSPS) is 13.2. The SMILES string of the molecule is CN=C(NCc1nc(-c2cccc(Cl)c2)no1)Nc1ccc2c(c1)OCCCO2.I. The molecule has 8 nitrogen and oxygen atoms in total. The summed E-state index contributed by atoms with van der Waals surface area (Å²) in [6.45, 7) is 1.61. The number of rotatable bonds is 4. The van der Waals surface area contributed by atoms with Crippen molar-refractivity contribution in [1.29, 1.82) is 0 Å². The summed E-state index contributed by atoms with van der Waals surface area (Å²) in [6.07, 6.45) is 0.863. The maximum Gasteiger partial charge on any atom is 0.246 e. The monoisotopic (exact) mass is 541 g/mol. The fraction of sp³-hybridized carbons (Fsp3) is 0.250. The molecule has 0 bridgehead atoms. The minimum absolute atomic E-state index is 0. The number of halogens is 2. The summed E-state index contributed by atoms with van der Waals surface area (Å²) in [5.74, 6) is 2.93. The van der Waals surface area contributed by atoms with Crippen LogP contribution in [0.1, 0.15) is 12.3 Å². The van der Waals surface area contributed by atoms with Gasteiger partial charge in [0.25, 0.3) is 0 Å². The first-order valence-electron chi connectivity index (χ1n) is 9.17. The van der Waals surface area contributed by atoms with E-state index in [4.69, 9.17) is 25.6 Å². The van der Waals surface area contributed by atoms with E-state index in [2.05, 4.69) is 25.8 Å². The third-order valence-corrected chi connectivity index (χ3v) is 4.43. The molecule has 1 aliphatic heterocycles. The lowest BCUT2D eigenvalue weighted by Gasteiger charge is -2.13. The molecule has 0 radical (unpaired) electrons. The Morgan fingerprint density at radius 2 is 1.97 bits per heavy atom. The fourth-order valence-electron chi connectivity index (χ4n) is 2.79. The van der Waals surface area contributed by atoms with Gasteiger partial charge in [0.1, 0.15) is 0 Å². The number of guanidine groups is 1. The number of ether oxygens (including phenoxy) is 2. The van der Waals surface area contributed by atoms with Gasteiger partial charge in [0.2, 0.25) is 11.7 Å². The molecule has 0 amide bonds. The van der Waals surface area contributed by atoms with Crippen molar-refractivity contribution in [3.8, 4) is 22.9 Å². The first-order chi connectivity index (χ1) is 14.2. The Morgan fingerprint density at radius 3 is 2.77 bits per heavy atom. The molecule has 4 rings (SSSR count). The number of aliphatic imine (C=N–C) groups is 1. The van der Waals surface area contributed by atoms with E-state index in [9.17, 15) is 0 Å². The highest BCUT2D eigenvalue weighted by Crippen LogP contribution is 2.32. The molecular weight excluding hydrogens is 521 g/mol. The van der Waals surface area contributed by atoms with Crippen LogP contribution in [0.4, 0.5) is 5.69 Å². The van der Waals surface area contributed by atoms with Crippen LogP contribution in [-0.4, -0.2) is 36.4 Å². The highest BCUT2D eigenvalue weighted by Gasteiger charge is 2.12. The predicted molar refractivity (Wildman–Crippen MR) is 126 cm³/mol. The molecule has 1 aromatic heterocycles. The van der Waals surface area contributed by atoms with Crippen LogP contribution in [0, 0.1) is 0 Å². The fourth-order valence-corrected chi connectivity index (χ4v) is 2.98. The molecular formula is C20H21ClIN5O3. The number of benzene rings is 2. The first kappa shape index (κ1) is 22.2. The lowest BCUT2D eigenvalue weighted by Crippen LogP contribution is -2.30. The van der Waals surface area contributed by atoms with Gasteiger partial charge in [0.15, 0.2) is 17.5 Å². The van der Waals surface area contributed by atoms with Gasteiger partial charge in [-0.1, -0.05) is 28.9 Å². The number of nitrogens with zero attached hydrogens (tertiary/aromatic N) is 3. The minimum atomic E-state index is 0. The van der Waals surface area contributed by atoms with Gasteiger partial charge >= 0.3 is 0 Å². The van der Waals surface area contributed by atoms with Gasteiger partial charge in [-0.2, -0.15) is 4.98 Å². The Balaban J connectivity index is 0.00000256. The van der Waals surface area contributed by atoms with E-state index in [0.717, 1.165) is 23.4 Å².